The van der Waals surface area contributed by atoms with Gasteiger partial charge < -0.3 is 9.64 Å². The van der Waals surface area contributed by atoms with Gasteiger partial charge in [0.05, 0.1) is 12.3 Å². The second-order valence-electron chi connectivity index (χ2n) is 5.87. The molecular weight excluding hydrogens is 294 g/mol. The van der Waals surface area contributed by atoms with Crippen LogP contribution in [-0.2, 0) is 7.05 Å². The monoisotopic (exact) mass is 315 g/mol. The molecular formula is C16H21N5O2. The van der Waals surface area contributed by atoms with Gasteiger partial charge in [0.2, 0.25) is 0 Å². The number of ether oxygens (including phenoxy) is 1. The topological polar surface area (TPSA) is 73.1 Å². The number of carbonyl (C=O) groups is 1. The van der Waals surface area contributed by atoms with Gasteiger partial charge >= 0.3 is 6.01 Å². The highest BCUT2D eigenvalue weighted by atomic mass is 16.5. The van der Waals surface area contributed by atoms with Gasteiger partial charge in [-0.3, -0.25) is 9.48 Å². The van der Waals surface area contributed by atoms with Gasteiger partial charge in [-0.2, -0.15) is 5.10 Å². The molecule has 7 nitrogen and oxygen atoms in total. The fourth-order valence-corrected chi connectivity index (χ4v) is 2.83. The van der Waals surface area contributed by atoms with Crippen molar-refractivity contribution in [2.75, 3.05) is 19.7 Å². The third kappa shape index (κ3) is 3.67. The van der Waals surface area contributed by atoms with Gasteiger partial charge in [0, 0.05) is 32.5 Å². The quantitative estimate of drug-likeness (QED) is 0.854. The molecule has 0 N–H and O–H groups in total. The molecule has 3 heterocycles. The second-order valence-corrected chi connectivity index (χ2v) is 5.87. The first-order valence-corrected chi connectivity index (χ1v) is 7.83. The third-order valence-corrected chi connectivity index (χ3v) is 4.11. The molecule has 0 bridgehead atoms. The van der Waals surface area contributed by atoms with Crippen LogP contribution in [0.2, 0.25) is 0 Å². The Balaban J connectivity index is 1.50. The van der Waals surface area contributed by atoms with Gasteiger partial charge in [-0.15, -0.1) is 0 Å². The number of aryl methyl sites for hydroxylation is 2. The highest BCUT2D eigenvalue weighted by Gasteiger charge is 2.26. The fraction of sp³-hybridized carbons (Fsp3) is 0.500. The summed E-state index contributed by atoms with van der Waals surface area (Å²) in [5.74, 6) is 0.481. The molecule has 0 aliphatic carbocycles. The summed E-state index contributed by atoms with van der Waals surface area (Å²) in [7, 11) is 1.81. The Labute approximate surface area is 135 Å². The van der Waals surface area contributed by atoms with E-state index in [0.717, 1.165) is 31.6 Å². The van der Waals surface area contributed by atoms with Crippen LogP contribution in [-0.4, -0.2) is 50.3 Å². The maximum atomic E-state index is 12.5. The van der Waals surface area contributed by atoms with Crippen LogP contribution >= 0.6 is 0 Å². The predicted molar refractivity (Wildman–Crippen MR) is 84.1 cm³/mol. The van der Waals surface area contributed by atoms with E-state index in [2.05, 4.69) is 15.1 Å². The van der Waals surface area contributed by atoms with Crippen LogP contribution in [0, 0.1) is 12.8 Å². The normalized spacial score (nSPS) is 15.7. The number of piperidine rings is 1. The summed E-state index contributed by atoms with van der Waals surface area (Å²) in [6, 6.07) is 4.01. The van der Waals surface area contributed by atoms with Crippen LogP contribution in [0.5, 0.6) is 6.01 Å². The van der Waals surface area contributed by atoms with Crippen molar-refractivity contribution >= 4 is 5.91 Å². The second kappa shape index (κ2) is 6.76. The van der Waals surface area contributed by atoms with Gasteiger partial charge in [0.25, 0.3) is 5.91 Å². The first-order chi connectivity index (χ1) is 11.1. The molecule has 23 heavy (non-hydrogen) atoms. The fourth-order valence-electron chi connectivity index (χ4n) is 2.83. The van der Waals surface area contributed by atoms with Crippen molar-refractivity contribution in [1.82, 2.24) is 24.6 Å². The number of hydrogen-bond acceptors (Lipinski definition) is 5. The third-order valence-electron chi connectivity index (χ3n) is 4.11. The molecule has 3 rings (SSSR count). The van der Waals surface area contributed by atoms with E-state index in [4.69, 9.17) is 4.74 Å². The van der Waals surface area contributed by atoms with Crippen LogP contribution < -0.4 is 4.74 Å². The molecule has 7 heteroatoms. The average molecular weight is 315 g/mol. The van der Waals surface area contributed by atoms with E-state index in [1.54, 1.807) is 30.2 Å². The predicted octanol–water partition coefficient (Wildman–Crippen LogP) is 1.45. The first kappa shape index (κ1) is 15.5. The largest absolute Gasteiger partial charge is 0.463 e. The van der Waals surface area contributed by atoms with Crippen LogP contribution in [0.25, 0.3) is 0 Å². The zero-order valence-corrected chi connectivity index (χ0v) is 13.5. The summed E-state index contributed by atoms with van der Waals surface area (Å²) in [5.41, 5.74) is 1.51. The number of likely N-dealkylation sites (tertiary alicyclic amines) is 1. The van der Waals surface area contributed by atoms with Gasteiger partial charge in [0.15, 0.2) is 0 Å². The van der Waals surface area contributed by atoms with Crippen molar-refractivity contribution in [3.8, 4) is 6.01 Å². The number of hydrogen-bond donors (Lipinski definition) is 0. The van der Waals surface area contributed by atoms with Crippen molar-refractivity contribution in [3.63, 3.8) is 0 Å². The summed E-state index contributed by atoms with van der Waals surface area (Å²) in [6.07, 6.45) is 5.18. The van der Waals surface area contributed by atoms with E-state index in [1.165, 1.54) is 0 Å². The molecule has 0 atom stereocenters. The van der Waals surface area contributed by atoms with Crippen LogP contribution in [0.15, 0.2) is 24.5 Å². The van der Waals surface area contributed by atoms with Crippen LogP contribution in [0.3, 0.4) is 0 Å². The highest BCUT2D eigenvalue weighted by Crippen LogP contribution is 2.20. The summed E-state index contributed by atoms with van der Waals surface area (Å²) in [5, 5.41) is 4.24. The minimum absolute atomic E-state index is 0.0545. The molecule has 0 aromatic carbocycles. The summed E-state index contributed by atoms with van der Waals surface area (Å²) >= 11 is 0. The minimum atomic E-state index is 0.0545. The van der Waals surface area contributed by atoms with E-state index in [0.29, 0.717) is 24.2 Å². The Bertz CT molecular complexity index is 662. The lowest BCUT2D eigenvalue weighted by Gasteiger charge is -2.31. The van der Waals surface area contributed by atoms with Crippen LogP contribution in [0.4, 0.5) is 0 Å². The zero-order valence-electron chi connectivity index (χ0n) is 13.5. The lowest BCUT2D eigenvalue weighted by Crippen LogP contribution is -2.40. The summed E-state index contributed by atoms with van der Waals surface area (Å²) in [6.45, 7) is 3.97. The maximum absolute atomic E-state index is 12.5. The van der Waals surface area contributed by atoms with Crippen molar-refractivity contribution in [1.29, 1.82) is 0 Å². The minimum Gasteiger partial charge on any atom is -0.463 e. The molecule has 2 aromatic rings. The van der Waals surface area contributed by atoms with Crippen LogP contribution in [0.1, 0.15) is 29.0 Å². The summed E-state index contributed by atoms with van der Waals surface area (Å²) < 4.78 is 7.26. The van der Waals surface area contributed by atoms with Gasteiger partial charge in [0.1, 0.15) is 5.69 Å². The lowest BCUT2D eigenvalue weighted by molar-refractivity contribution is 0.0646. The van der Waals surface area contributed by atoms with Gasteiger partial charge in [-0.1, -0.05) is 0 Å². The molecule has 1 aliphatic rings. The lowest BCUT2D eigenvalue weighted by atomic mass is 9.97. The molecule has 1 amide bonds. The average Bonchev–Trinajstić information content (AvgIpc) is 2.92. The number of carbonyl (C=O) groups excluding carboxylic acids is 1. The molecule has 1 saturated heterocycles. The number of nitrogens with zero attached hydrogens (tertiary/aromatic N) is 5. The molecule has 1 aliphatic heterocycles. The highest BCUT2D eigenvalue weighted by molar-refractivity contribution is 5.92. The van der Waals surface area contributed by atoms with Crippen molar-refractivity contribution < 1.29 is 9.53 Å². The Morgan fingerprint density at radius 2 is 2.00 bits per heavy atom. The molecule has 0 spiro atoms. The maximum Gasteiger partial charge on any atom is 0.316 e. The van der Waals surface area contributed by atoms with Crippen molar-refractivity contribution in [2.45, 2.75) is 19.8 Å². The Hall–Kier alpha value is -2.44. The molecule has 0 saturated carbocycles. The molecule has 2 aromatic heterocycles. The zero-order chi connectivity index (χ0) is 16.2. The smallest absolute Gasteiger partial charge is 0.316 e. The number of rotatable bonds is 4. The van der Waals surface area contributed by atoms with E-state index in [-0.39, 0.29) is 5.91 Å². The first-order valence-electron chi connectivity index (χ1n) is 7.83. The molecule has 0 radical (unpaired) electrons. The SMILES string of the molecule is Cc1cc(C(=O)N2CCC(COc3ncccn3)CC2)n(C)n1. The molecule has 0 unspecified atom stereocenters. The number of aromatic nitrogens is 4. The van der Waals surface area contributed by atoms with E-state index in [1.807, 2.05) is 17.9 Å². The van der Waals surface area contributed by atoms with E-state index >= 15 is 0 Å². The van der Waals surface area contributed by atoms with E-state index < -0.39 is 0 Å². The van der Waals surface area contributed by atoms with Gasteiger partial charge in [-0.25, -0.2) is 9.97 Å². The van der Waals surface area contributed by atoms with Gasteiger partial charge in [-0.05, 0) is 37.8 Å². The standard InChI is InChI=1S/C16H21N5O2/c1-12-10-14(20(2)19-12)15(22)21-8-4-13(5-9-21)11-23-16-17-6-3-7-18-16/h3,6-7,10,13H,4-5,8-9,11H2,1-2H3. The Kier molecular flexibility index (Phi) is 4.55. The van der Waals surface area contributed by atoms with E-state index in [9.17, 15) is 4.79 Å². The Morgan fingerprint density at radius 1 is 1.30 bits per heavy atom. The summed E-state index contributed by atoms with van der Waals surface area (Å²) in [4.78, 5) is 22.5. The molecule has 122 valence electrons. The van der Waals surface area contributed by atoms with Crippen molar-refractivity contribution in [2.24, 2.45) is 13.0 Å². The molecule has 1 fully saturated rings. The number of amides is 1. The Morgan fingerprint density at radius 3 is 2.61 bits per heavy atom. The van der Waals surface area contributed by atoms with Crippen molar-refractivity contribution in [3.05, 3.63) is 35.9 Å².